The third-order valence-corrected chi connectivity index (χ3v) is 4.18. The van der Waals surface area contributed by atoms with Crippen LogP contribution in [-0.2, 0) is 5.41 Å². The summed E-state index contributed by atoms with van der Waals surface area (Å²) in [5.74, 6) is 2.00. The molecule has 1 aliphatic carbocycles. The second kappa shape index (κ2) is 5.85. The van der Waals surface area contributed by atoms with Crippen molar-refractivity contribution >= 4 is 0 Å². The zero-order valence-electron chi connectivity index (χ0n) is 13.5. The molecule has 118 valence electrons. The van der Waals surface area contributed by atoms with E-state index >= 15 is 0 Å². The van der Waals surface area contributed by atoms with E-state index in [1.807, 2.05) is 18.2 Å². The van der Waals surface area contributed by atoms with Crippen LogP contribution in [0.1, 0.15) is 39.2 Å². The predicted molar refractivity (Wildman–Crippen MR) is 83.9 cm³/mol. The van der Waals surface area contributed by atoms with Crippen LogP contribution in [-0.4, -0.2) is 31.0 Å². The molecule has 1 aliphatic rings. The fourth-order valence-electron chi connectivity index (χ4n) is 2.51. The molecular formula is C17H27NO3. The summed E-state index contributed by atoms with van der Waals surface area (Å²) in [4.78, 5) is 0. The Morgan fingerprint density at radius 1 is 1.29 bits per heavy atom. The number of rotatable bonds is 6. The van der Waals surface area contributed by atoms with E-state index < -0.39 is 5.54 Å². The SMILES string of the molecule is COc1ccc(OCC(N)(CO)C2CC2)c(C(C)(C)C)c1. The molecule has 1 atom stereocenters. The number of hydrogen-bond acceptors (Lipinski definition) is 4. The molecule has 0 bridgehead atoms. The number of nitrogens with two attached hydrogens (primary N) is 1. The quantitative estimate of drug-likeness (QED) is 0.845. The molecule has 0 aliphatic heterocycles. The van der Waals surface area contributed by atoms with Gasteiger partial charge in [0.1, 0.15) is 18.1 Å². The van der Waals surface area contributed by atoms with Gasteiger partial charge in [-0.15, -0.1) is 0 Å². The van der Waals surface area contributed by atoms with Crippen LogP contribution >= 0.6 is 0 Å². The zero-order chi connectivity index (χ0) is 15.7. The molecule has 3 N–H and O–H groups in total. The first-order chi connectivity index (χ1) is 9.80. The highest BCUT2D eigenvalue weighted by Gasteiger charge is 2.42. The molecule has 1 saturated carbocycles. The second-order valence-corrected chi connectivity index (χ2v) is 7.07. The minimum atomic E-state index is -0.630. The van der Waals surface area contributed by atoms with Gasteiger partial charge in [0.2, 0.25) is 0 Å². The largest absolute Gasteiger partial charge is 0.497 e. The Morgan fingerprint density at radius 2 is 1.95 bits per heavy atom. The maximum atomic E-state index is 9.56. The fraction of sp³-hybridized carbons (Fsp3) is 0.647. The van der Waals surface area contributed by atoms with Crippen LogP contribution in [0, 0.1) is 5.92 Å². The van der Waals surface area contributed by atoms with Crippen LogP contribution in [0.5, 0.6) is 11.5 Å². The third kappa shape index (κ3) is 3.69. The first-order valence-corrected chi connectivity index (χ1v) is 7.51. The van der Waals surface area contributed by atoms with Crippen molar-refractivity contribution in [3.8, 4) is 11.5 Å². The Morgan fingerprint density at radius 3 is 2.43 bits per heavy atom. The lowest BCUT2D eigenvalue weighted by molar-refractivity contribution is 0.115. The Hall–Kier alpha value is -1.26. The van der Waals surface area contributed by atoms with Gasteiger partial charge in [0.15, 0.2) is 0 Å². The van der Waals surface area contributed by atoms with Crippen LogP contribution in [0.2, 0.25) is 0 Å². The average molecular weight is 293 g/mol. The summed E-state index contributed by atoms with van der Waals surface area (Å²) >= 11 is 0. The van der Waals surface area contributed by atoms with Crippen LogP contribution in [0.4, 0.5) is 0 Å². The standard InChI is InChI=1S/C17H27NO3/c1-16(2,3)14-9-13(20-4)7-8-15(14)21-11-17(18,10-19)12-5-6-12/h7-9,12,19H,5-6,10-11,18H2,1-4H3. The molecule has 0 amide bonds. The molecule has 2 rings (SSSR count). The molecule has 21 heavy (non-hydrogen) atoms. The van der Waals surface area contributed by atoms with Gasteiger partial charge in [0, 0.05) is 5.56 Å². The first-order valence-electron chi connectivity index (χ1n) is 7.51. The van der Waals surface area contributed by atoms with Gasteiger partial charge in [-0.1, -0.05) is 20.8 Å². The van der Waals surface area contributed by atoms with E-state index in [1.165, 1.54) is 0 Å². The Kier molecular flexibility index (Phi) is 4.49. The van der Waals surface area contributed by atoms with Crippen LogP contribution < -0.4 is 15.2 Å². The molecule has 0 radical (unpaired) electrons. The molecule has 1 aromatic carbocycles. The number of benzene rings is 1. The van der Waals surface area contributed by atoms with Gasteiger partial charge in [-0.2, -0.15) is 0 Å². The first kappa shape index (κ1) is 16.1. The van der Waals surface area contributed by atoms with E-state index in [4.69, 9.17) is 15.2 Å². The lowest BCUT2D eigenvalue weighted by Crippen LogP contribution is -2.51. The minimum absolute atomic E-state index is 0.0430. The molecule has 4 nitrogen and oxygen atoms in total. The lowest BCUT2D eigenvalue weighted by atomic mass is 9.86. The van der Waals surface area contributed by atoms with E-state index in [2.05, 4.69) is 20.8 Å². The van der Waals surface area contributed by atoms with Gasteiger partial charge < -0.3 is 20.3 Å². The maximum absolute atomic E-state index is 9.56. The summed E-state index contributed by atoms with van der Waals surface area (Å²) in [7, 11) is 1.66. The second-order valence-electron chi connectivity index (χ2n) is 7.07. The van der Waals surface area contributed by atoms with Gasteiger partial charge in [-0.05, 0) is 42.4 Å². The van der Waals surface area contributed by atoms with Crippen molar-refractivity contribution in [2.45, 2.75) is 44.6 Å². The zero-order valence-corrected chi connectivity index (χ0v) is 13.5. The minimum Gasteiger partial charge on any atom is -0.497 e. The highest BCUT2D eigenvalue weighted by atomic mass is 16.5. The van der Waals surface area contributed by atoms with E-state index in [1.54, 1.807) is 7.11 Å². The number of aliphatic hydroxyl groups is 1. The van der Waals surface area contributed by atoms with Crippen molar-refractivity contribution in [2.75, 3.05) is 20.3 Å². The number of aliphatic hydroxyl groups excluding tert-OH is 1. The normalized spacial score (nSPS) is 18.2. The van der Waals surface area contributed by atoms with Crippen molar-refractivity contribution in [1.82, 2.24) is 0 Å². The molecule has 4 heteroatoms. The smallest absolute Gasteiger partial charge is 0.123 e. The van der Waals surface area contributed by atoms with E-state index in [9.17, 15) is 5.11 Å². The Balaban J connectivity index is 2.19. The molecule has 0 aromatic heterocycles. The highest BCUT2D eigenvalue weighted by Crippen LogP contribution is 2.39. The van der Waals surface area contributed by atoms with Crippen LogP contribution in [0.15, 0.2) is 18.2 Å². The van der Waals surface area contributed by atoms with Crippen molar-refractivity contribution in [2.24, 2.45) is 11.7 Å². The van der Waals surface area contributed by atoms with E-state index in [0.717, 1.165) is 29.9 Å². The number of hydrogen-bond donors (Lipinski definition) is 2. The van der Waals surface area contributed by atoms with Gasteiger partial charge in [-0.3, -0.25) is 0 Å². The predicted octanol–water partition coefficient (Wildman–Crippen LogP) is 2.47. The van der Waals surface area contributed by atoms with Crippen LogP contribution in [0.3, 0.4) is 0 Å². The highest BCUT2D eigenvalue weighted by molar-refractivity contribution is 5.44. The topological polar surface area (TPSA) is 64.7 Å². The maximum Gasteiger partial charge on any atom is 0.123 e. The van der Waals surface area contributed by atoms with Gasteiger partial charge >= 0.3 is 0 Å². The molecule has 0 spiro atoms. The summed E-state index contributed by atoms with van der Waals surface area (Å²) in [6, 6.07) is 5.81. The molecule has 1 aromatic rings. The van der Waals surface area contributed by atoms with Crippen molar-refractivity contribution in [3.05, 3.63) is 23.8 Å². The molecule has 0 heterocycles. The van der Waals surface area contributed by atoms with Gasteiger partial charge in [0.25, 0.3) is 0 Å². The number of ether oxygens (including phenoxy) is 2. The summed E-state index contributed by atoms with van der Waals surface area (Å²) in [5.41, 5.74) is 6.66. The van der Waals surface area contributed by atoms with E-state index in [0.29, 0.717) is 12.5 Å². The third-order valence-electron chi connectivity index (χ3n) is 4.18. The fourth-order valence-corrected chi connectivity index (χ4v) is 2.51. The monoisotopic (exact) mass is 293 g/mol. The van der Waals surface area contributed by atoms with Crippen molar-refractivity contribution in [1.29, 1.82) is 0 Å². The Bertz CT molecular complexity index is 491. The van der Waals surface area contributed by atoms with Crippen LogP contribution in [0.25, 0.3) is 0 Å². The molecular weight excluding hydrogens is 266 g/mol. The number of methoxy groups -OCH3 is 1. The Labute approximate surface area is 127 Å². The van der Waals surface area contributed by atoms with Gasteiger partial charge in [0.05, 0.1) is 19.3 Å². The van der Waals surface area contributed by atoms with E-state index in [-0.39, 0.29) is 12.0 Å². The summed E-state index contributed by atoms with van der Waals surface area (Å²) < 4.78 is 11.3. The summed E-state index contributed by atoms with van der Waals surface area (Å²) in [6.45, 7) is 6.70. The molecule has 1 unspecified atom stereocenters. The lowest BCUT2D eigenvalue weighted by Gasteiger charge is -2.29. The molecule has 1 fully saturated rings. The van der Waals surface area contributed by atoms with Gasteiger partial charge in [-0.25, -0.2) is 0 Å². The van der Waals surface area contributed by atoms with Crippen molar-refractivity contribution in [3.63, 3.8) is 0 Å². The summed E-state index contributed by atoms with van der Waals surface area (Å²) in [5, 5.41) is 9.56. The summed E-state index contributed by atoms with van der Waals surface area (Å²) in [6.07, 6.45) is 2.16. The average Bonchev–Trinajstić information content (AvgIpc) is 3.28. The van der Waals surface area contributed by atoms with Crippen molar-refractivity contribution < 1.29 is 14.6 Å². The molecule has 0 saturated heterocycles.